The molecule has 0 aromatic carbocycles. The van der Waals surface area contributed by atoms with E-state index in [1.165, 1.54) is 0 Å². The first-order valence-electron chi connectivity index (χ1n) is 4.93. The molecule has 0 aliphatic carbocycles. The fraction of sp³-hybridized carbons (Fsp3) is 1.00. The monoisotopic (exact) mass is 398 g/mol. The van der Waals surface area contributed by atoms with Gasteiger partial charge >= 0.3 is 117 Å². The Morgan fingerprint density at radius 2 is 0.783 bits per heavy atom. The molecule has 0 heterocycles. The van der Waals surface area contributed by atoms with Gasteiger partial charge in [-0.2, -0.15) is 0 Å². The summed E-state index contributed by atoms with van der Waals surface area (Å²) in [6.07, 6.45) is -27.7. The Kier molecular flexibility index (Phi) is 5.37. The van der Waals surface area contributed by atoms with Gasteiger partial charge in [-0.1, -0.05) is 0 Å². The third kappa shape index (κ3) is 4.31. The van der Waals surface area contributed by atoms with E-state index in [0.29, 0.717) is 0 Å². The van der Waals surface area contributed by atoms with Crippen molar-refractivity contribution in [1.82, 2.24) is 0 Å². The molecule has 3 nitrogen and oxygen atoms in total. The van der Waals surface area contributed by atoms with Crippen LogP contribution in [0.2, 0.25) is 0 Å². The van der Waals surface area contributed by atoms with Gasteiger partial charge < -0.3 is 0 Å². The molecule has 142 valence electrons. The molecule has 0 atom stereocenters. The van der Waals surface area contributed by atoms with Gasteiger partial charge in [0.2, 0.25) is 0 Å². The standard InChI is InChI=1S/C7H7F12O3P/c1-22-23(20,21,2(4(8,9)10)5(11,12)13)3(6(14,15)16)7(17,18)19/h2-3,20-21H,1H3. The molecule has 0 aliphatic heterocycles. The van der Waals surface area contributed by atoms with E-state index in [9.17, 15) is 52.7 Å². The van der Waals surface area contributed by atoms with Crippen LogP contribution >= 0.6 is 7.28 Å². The summed E-state index contributed by atoms with van der Waals surface area (Å²) in [5.74, 6) is 0. The fourth-order valence-corrected chi connectivity index (χ4v) is 4.75. The molecule has 0 saturated carbocycles. The Labute approximate surface area is 119 Å². The average molecular weight is 398 g/mol. The molecule has 2 N–H and O–H groups in total. The van der Waals surface area contributed by atoms with Crippen LogP contribution < -0.4 is 0 Å². The molecule has 0 aromatic heterocycles. The van der Waals surface area contributed by atoms with E-state index >= 15 is 0 Å². The zero-order chi connectivity index (χ0) is 19.3. The molecule has 0 radical (unpaired) electrons. The third-order valence-electron chi connectivity index (χ3n) is 2.59. The van der Waals surface area contributed by atoms with Gasteiger partial charge in [-0.3, -0.25) is 0 Å². The van der Waals surface area contributed by atoms with Crippen LogP contribution in [0.15, 0.2) is 0 Å². The van der Waals surface area contributed by atoms with E-state index in [1.807, 2.05) is 0 Å². The molecule has 0 rings (SSSR count). The summed E-state index contributed by atoms with van der Waals surface area (Å²) < 4.78 is 152. The van der Waals surface area contributed by atoms with Crippen LogP contribution in [0.1, 0.15) is 0 Å². The number of alkyl halides is 12. The number of halogens is 12. The van der Waals surface area contributed by atoms with Crippen LogP contribution in [0.3, 0.4) is 0 Å². The molecule has 0 bridgehead atoms. The molecule has 0 fully saturated rings. The van der Waals surface area contributed by atoms with Gasteiger partial charge in [-0.25, -0.2) is 0 Å². The number of hydrogen-bond donors (Lipinski definition) is 2. The summed E-state index contributed by atoms with van der Waals surface area (Å²) in [5, 5.41) is 0. The van der Waals surface area contributed by atoms with Crippen LogP contribution in [-0.2, 0) is 4.52 Å². The van der Waals surface area contributed by atoms with Crippen molar-refractivity contribution >= 4 is 7.28 Å². The van der Waals surface area contributed by atoms with Crippen molar-refractivity contribution in [2.75, 3.05) is 7.11 Å². The summed E-state index contributed by atoms with van der Waals surface area (Å²) in [5.41, 5.74) is -11.6. The molecule has 0 unspecified atom stereocenters. The summed E-state index contributed by atoms with van der Waals surface area (Å²) in [6.45, 7) is 0. The van der Waals surface area contributed by atoms with Crippen molar-refractivity contribution in [1.29, 1.82) is 0 Å². The summed E-state index contributed by atoms with van der Waals surface area (Å²) >= 11 is 0. The zero-order valence-corrected chi connectivity index (χ0v) is 11.3. The van der Waals surface area contributed by atoms with E-state index in [4.69, 9.17) is 9.79 Å². The van der Waals surface area contributed by atoms with Crippen molar-refractivity contribution in [3.63, 3.8) is 0 Å². The summed E-state index contributed by atoms with van der Waals surface area (Å²) in [7, 11) is -9.55. The van der Waals surface area contributed by atoms with Crippen molar-refractivity contribution in [2.45, 2.75) is 36.0 Å². The van der Waals surface area contributed by atoms with Crippen LogP contribution in [0.4, 0.5) is 52.7 Å². The maximum atomic E-state index is 12.5. The molecule has 0 spiro atoms. The molecule has 0 aliphatic rings. The van der Waals surface area contributed by atoms with E-state index in [-0.39, 0.29) is 0 Å². The van der Waals surface area contributed by atoms with Gasteiger partial charge in [0.05, 0.1) is 0 Å². The number of hydrogen-bond acceptors (Lipinski definition) is 3. The molecule has 23 heavy (non-hydrogen) atoms. The Morgan fingerprint density at radius 3 is 0.870 bits per heavy atom. The molecular formula is C7H7F12O3P. The van der Waals surface area contributed by atoms with E-state index in [2.05, 4.69) is 4.52 Å². The maximum absolute atomic E-state index is 12.5. The van der Waals surface area contributed by atoms with Crippen molar-refractivity contribution in [3.8, 4) is 0 Å². The predicted octanol–water partition coefficient (Wildman–Crippen LogP) is 3.90. The minimum atomic E-state index is -9.03. The second-order valence-electron chi connectivity index (χ2n) is 4.23. The van der Waals surface area contributed by atoms with Crippen LogP contribution in [0.5, 0.6) is 0 Å². The van der Waals surface area contributed by atoms with Crippen molar-refractivity contribution in [2.24, 2.45) is 0 Å². The van der Waals surface area contributed by atoms with Gasteiger partial charge in [-0.05, 0) is 0 Å². The van der Waals surface area contributed by atoms with Gasteiger partial charge in [0.1, 0.15) is 0 Å². The third-order valence-corrected chi connectivity index (χ3v) is 6.45. The Morgan fingerprint density at radius 1 is 0.609 bits per heavy atom. The molecule has 16 heteroatoms. The van der Waals surface area contributed by atoms with Crippen molar-refractivity contribution < 1.29 is 67.0 Å². The minimum absolute atomic E-state index is 0.521. The van der Waals surface area contributed by atoms with E-state index in [1.54, 1.807) is 0 Å². The Balaban J connectivity index is 6.86. The van der Waals surface area contributed by atoms with Gasteiger partial charge in [0.15, 0.2) is 0 Å². The fourth-order valence-electron chi connectivity index (χ4n) is 1.83. The van der Waals surface area contributed by atoms with Crippen LogP contribution in [-0.4, -0.2) is 52.9 Å². The number of rotatable bonds is 3. The Hall–Kier alpha value is -0.530. The summed E-state index contributed by atoms with van der Waals surface area (Å²) in [4.78, 5) is 18.3. The first-order chi connectivity index (χ1) is 9.59. The SMILES string of the molecule is COP(O)(O)(C(C(F)(F)F)C(F)(F)F)C(C(F)(F)F)C(F)(F)F. The van der Waals surface area contributed by atoms with Gasteiger partial charge in [0.25, 0.3) is 0 Å². The molecular weight excluding hydrogens is 391 g/mol. The van der Waals surface area contributed by atoms with Crippen molar-refractivity contribution in [3.05, 3.63) is 0 Å². The first-order valence-corrected chi connectivity index (χ1v) is 7.13. The molecule has 0 saturated heterocycles. The molecule has 0 aromatic rings. The normalized spacial score (nSPS) is 17.5. The quantitative estimate of drug-likeness (QED) is 0.560. The van der Waals surface area contributed by atoms with Gasteiger partial charge in [-0.15, -0.1) is 0 Å². The van der Waals surface area contributed by atoms with Gasteiger partial charge in [0, 0.05) is 0 Å². The second-order valence-corrected chi connectivity index (χ2v) is 7.78. The first kappa shape index (κ1) is 22.5. The average Bonchev–Trinajstić information content (AvgIpc) is 2.05. The van der Waals surface area contributed by atoms with E-state index in [0.717, 1.165) is 0 Å². The Bertz CT molecular complexity index is 368. The van der Waals surface area contributed by atoms with Crippen LogP contribution in [0.25, 0.3) is 0 Å². The zero-order valence-electron chi connectivity index (χ0n) is 10.4. The van der Waals surface area contributed by atoms with Crippen LogP contribution in [0, 0.1) is 0 Å². The summed E-state index contributed by atoms with van der Waals surface area (Å²) in [6, 6.07) is 0. The molecule has 0 amide bonds. The second kappa shape index (κ2) is 5.49. The topological polar surface area (TPSA) is 49.7 Å². The van der Waals surface area contributed by atoms with E-state index < -0.39 is 50.4 Å². The predicted molar refractivity (Wildman–Crippen MR) is 50.2 cm³/mol.